The van der Waals surface area contributed by atoms with Crippen LogP contribution in [0, 0.1) is 5.41 Å². The van der Waals surface area contributed by atoms with Crippen molar-refractivity contribution in [3.05, 3.63) is 0 Å². The van der Waals surface area contributed by atoms with Crippen molar-refractivity contribution in [2.24, 2.45) is 5.41 Å². The number of hydrogen-bond donors (Lipinski definition) is 1. The van der Waals surface area contributed by atoms with Crippen molar-refractivity contribution < 1.29 is 9.59 Å². The van der Waals surface area contributed by atoms with Gasteiger partial charge in [0.15, 0.2) is 0 Å². The molecule has 0 spiro atoms. The lowest BCUT2D eigenvalue weighted by Gasteiger charge is -2.36. The van der Waals surface area contributed by atoms with Gasteiger partial charge in [0, 0.05) is 19.4 Å². The summed E-state index contributed by atoms with van der Waals surface area (Å²) >= 11 is 4.51. The zero-order valence-electron chi connectivity index (χ0n) is 12.3. The molecule has 1 fully saturated rings. The van der Waals surface area contributed by atoms with Crippen molar-refractivity contribution in [3.8, 4) is 0 Å². The van der Waals surface area contributed by atoms with Crippen LogP contribution in [0.4, 0.5) is 0 Å². The van der Waals surface area contributed by atoms with Gasteiger partial charge >= 0.3 is 0 Å². The number of carbonyl (C=O) groups is 2. The highest BCUT2D eigenvalue weighted by Gasteiger charge is 2.34. The minimum atomic E-state index is 0.00225. The summed E-state index contributed by atoms with van der Waals surface area (Å²) in [6, 6.07) is 0. The Labute approximate surface area is 122 Å². The molecule has 0 aromatic carbocycles. The maximum Gasteiger partial charge on any atom is 0.229 e. The summed E-state index contributed by atoms with van der Waals surface area (Å²) in [5, 5.41) is 0. The number of rotatable bonds is 7. The zero-order chi connectivity index (χ0) is 14.3. The Hall–Kier alpha value is -0.510. The van der Waals surface area contributed by atoms with Gasteiger partial charge in [-0.3, -0.25) is 14.5 Å². The molecule has 19 heavy (non-hydrogen) atoms. The quantitative estimate of drug-likeness (QED) is 0.575. The van der Waals surface area contributed by atoms with Crippen molar-refractivity contribution in [1.82, 2.24) is 4.90 Å². The topological polar surface area (TPSA) is 37.4 Å². The summed E-state index contributed by atoms with van der Waals surface area (Å²) in [5.74, 6) is 0.771. The maximum atomic E-state index is 12.1. The molecule has 1 heterocycles. The van der Waals surface area contributed by atoms with Crippen molar-refractivity contribution in [1.29, 1.82) is 0 Å². The zero-order valence-corrected chi connectivity index (χ0v) is 13.2. The van der Waals surface area contributed by atoms with Crippen LogP contribution in [0.2, 0.25) is 0 Å². The molecule has 0 unspecified atom stereocenters. The van der Waals surface area contributed by atoms with Gasteiger partial charge in [-0.2, -0.15) is 12.6 Å². The van der Waals surface area contributed by atoms with E-state index in [4.69, 9.17) is 0 Å². The van der Waals surface area contributed by atoms with Crippen molar-refractivity contribution in [2.75, 3.05) is 12.3 Å². The highest BCUT2D eigenvalue weighted by Crippen LogP contribution is 2.33. The number of nitrogens with zero attached hydrogens (tertiary/aromatic N) is 1. The van der Waals surface area contributed by atoms with E-state index in [0.717, 1.165) is 44.3 Å². The van der Waals surface area contributed by atoms with E-state index < -0.39 is 0 Å². The number of likely N-dealkylation sites (tertiary alicyclic amines) is 1. The van der Waals surface area contributed by atoms with E-state index in [1.165, 1.54) is 4.90 Å². The lowest BCUT2D eigenvalue weighted by atomic mass is 9.80. The number of thiol groups is 1. The van der Waals surface area contributed by atoms with Gasteiger partial charge in [-0.1, -0.05) is 26.7 Å². The Morgan fingerprint density at radius 1 is 1.05 bits per heavy atom. The SMILES string of the molecule is CCCC(CS)(CCC)CN1C(=O)CCCCC1=O. The van der Waals surface area contributed by atoms with Crippen LogP contribution in [0.5, 0.6) is 0 Å². The Morgan fingerprint density at radius 3 is 1.89 bits per heavy atom. The van der Waals surface area contributed by atoms with E-state index in [2.05, 4.69) is 26.5 Å². The van der Waals surface area contributed by atoms with Crippen LogP contribution in [0.1, 0.15) is 65.2 Å². The molecule has 0 atom stereocenters. The predicted octanol–water partition coefficient (Wildman–Crippen LogP) is 3.43. The first-order chi connectivity index (χ1) is 9.08. The van der Waals surface area contributed by atoms with Crippen molar-refractivity contribution in [2.45, 2.75) is 65.2 Å². The molecule has 0 bridgehead atoms. The normalized spacial score (nSPS) is 17.7. The highest BCUT2D eigenvalue weighted by molar-refractivity contribution is 7.80. The molecular formula is C15H27NO2S. The van der Waals surface area contributed by atoms with E-state index >= 15 is 0 Å². The molecule has 1 aliphatic rings. The second kappa shape index (κ2) is 7.93. The molecule has 0 saturated carbocycles. The van der Waals surface area contributed by atoms with Crippen molar-refractivity contribution in [3.63, 3.8) is 0 Å². The molecule has 2 amide bonds. The number of carbonyl (C=O) groups excluding carboxylic acids is 2. The first kappa shape index (κ1) is 16.5. The van der Waals surface area contributed by atoms with Crippen LogP contribution in [0.25, 0.3) is 0 Å². The fraction of sp³-hybridized carbons (Fsp3) is 0.867. The van der Waals surface area contributed by atoms with E-state index in [1.807, 2.05) is 0 Å². The minimum absolute atomic E-state index is 0.00225. The second-order valence-electron chi connectivity index (χ2n) is 5.74. The fourth-order valence-electron chi connectivity index (χ4n) is 3.03. The Balaban J connectivity index is 2.85. The number of hydrogen-bond acceptors (Lipinski definition) is 3. The first-order valence-corrected chi connectivity index (χ1v) is 8.16. The molecule has 110 valence electrons. The molecule has 0 aromatic heterocycles. The third kappa shape index (κ3) is 4.51. The average molecular weight is 285 g/mol. The smallest absolute Gasteiger partial charge is 0.229 e. The van der Waals surface area contributed by atoms with Gasteiger partial charge < -0.3 is 0 Å². The average Bonchev–Trinajstić information content (AvgIpc) is 2.54. The summed E-state index contributed by atoms with van der Waals surface area (Å²) in [6.07, 6.45) is 6.92. The second-order valence-corrected chi connectivity index (χ2v) is 6.06. The van der Waals surface area contributed by atoms with Gasteiger partial charge in [-0.15, -0.1) is 0 Å². The molecule has 1 aliphatic heterocycles. The van der Waals surface area contributed by atoms with Crippen LogP contribution in [-0.2, 0) is 9.59 Å². The number of imide groups is 1. The highest BCUT2D eigenvalue weighted by atomic mass is 32.1. The summed E-state index contributed by atoms with van der Waals surface area (Å²) in [4.78, 5) is 25.7. The van der Waals surface area contributed by atoms with Gasteiger partial charge in [-0.05, 0) is 36.9 Å². The Morgan fingerprint density at radius 2 is 1.53 bits per heavy atom. The van der Waals surface area contributed by atoms with E-state index in [-0.39, 0.29) is 17.2 Å². The van der Waals surface area contributed by atoms with Gasteiger partial charge in [0.25, 0.3) is 0 Å². The van der Waals surface area contributed by atoms with Crippen LogP contribution in [0.15, 0.2) is 0 Å². The molecule has 0 aromatic rings. The minimum Gasteiger partial charge on any atom is -0.282 e. The summed E-state index contributed by atoms with van der Waals surface area (Å²) < 4.78 is 0. The molecular weight excluding hydrogens is 258 g/mol. The maximum absolute atomic E-state index is 12.1. The number of amides is 2. The monoisotopic (exact) mass is 285 g/mol. The van der Waals surface area contributed by atoms with Crippen LogP contribution >= 0.6 is 12.6 Å². The molecule has 1 saturated heterocycles. The molecule has 0 N–H and O–H groups in total. The third-order valence-electron chi connectivity index (χ3n) is 4.02. The lowest BCUT2D eigenvalue weighted by molar-refractivity contribution is -0.145. The van der Waals surface area contributed by atoms with Gasteiger partial charge in [0.1, 0.15) is 0 Å². The third-order valence-corrected chi connectivity index (χ3v) is 4.69. The summed E-state index contributed by atoms with van der Waals surface area (Å²) in [7, 11) is 0. The fourth-order valence-corrected chi connectivity index (χ4v) is 3.44. The van der Waals surface area contributed by atoms with Crippen molar-refractivity contribution >= 4 is 24.4 Å². The molecule has 0 aliphatic carbocycles. The van der Waals surface area contributed by atoms with Crippen LogP contribution < -0.4 is 0 Å². The summed E-state index contributed by atoms with van der Waals surface area (Å²) in [5.41, 5.74) is 0.00225. The first-order valence-electron chi connectivity index (χ1n) is 7.52. The molecule has 3 nitrogen and oxygen atoms in total. The largest absolute Gasteiger partial charge is 0.282 e. The van der Waals surface area contributed by atoms with E-state index in [0.29, 0.717) is 19.4 Å². The predicted molar refractivity (Wildman–Crippen MR) is 81.3 cm³/mol. The van der Waals surface area contributed by atoms with E-state index in [9.17, 15) is 9.59 Å². The lowest BCUT2D eigenvalue weighted by Crippen LogP contribution is -2.45. The van der Waals surface area contributed by atoms with Gasteiger partial charge in [-0.25, -0.2) is 0 Å². The summed E-state index contributed by atoms with van der Waals surface area (Å²) in [6.45, 7) is 4.87. The van der Waals surface area contributed by atoms with Crippen LogP contribution in [0.3, 0.4) is 0 Å². The van der Waals surface area contributed by atoms with E-state index in [1.54, 1.807) is 0 Å². The molecule has 1 rings (SSSR count). The Kier molecular flexibility index (Phi) is 6.90. The van der Waals surface area contributed by atoms with Gasteiger partial charge in [0.2, 0.25) is 11.8 Å². The molecule has 4 heteroatoms. The Bertz CT molecular complexity index is 293. The molecule has 0 radical (unpaired) electrons. The van der Waals surface area contributed by atoms with Gasteiger partial charge in [0.05, 0.1) is 0 Å². The standard InChI is InChI=1S/C15H27NO2S/c1-3-9-15(12-19,10-4-2)11-16-13(17)7-5-6-8-14(16)18/h19H,3-12H2,1-2H3. The van der Waals surface area contributed by atoms with Crippen LogP contribution in [-0.4, -0.2) is 29.0 Å².